The first kappa shape index (κ1) is 24.0. The van der Waals surface area contributed by atoms with Crippen LogP contribution in [-0.4, -0.2) is 44.2 Å². The quantitative estimate of drug-likeness (QED) is 0.240. The van der Waals surface area contributed by atoms with Gasteiger partial charge in [0.15, 0.2) is 0 Å². The molecule has 1 fully saturated rings. The van der Waals surface area contributed by atoms with E-state index < -0.39 is 5.97 Å². The van der Waals surface area contributed by atoms with Crippen LogP contribution in [0.2, 0.25) is 0 Å². The Labute approximate surface area is 213 Å². The molecule has 2 aliphatic rings. The molecule has 0 N–H and O–H groups in total. The fourth-order valence-corrected chi connectivity index (χ4v) is 4.96. The number of carbonyl (C=O) groups excluding carboxylic acids is 1. The average molecular weight is 478 g/mol. The molecule has 3 aromatic rings. The molecule has 4 nitrogen and oxygen atoms in total. The maximum absolute atomic E-state index is 11.5. The Morgan fingerprint density at radius 1 is 0.861 bits per heavy atom. The Morgan fingerprint density at radius 2 is 1.47 bits per heavy atom. The van der Waals surface area contributed by atoms with Gasteiger partial charge in [0.2, 0.25) is 0 Å². The monoisotopic (exact) mass is 477 g/mol. The molecule has 36 heavy (non-hydrogen) atoms. The minimum atomic E-state index is -0.396. The van der Waals surface area contributed by atoms with Crippen LogP contribution < -0.4 is 4.74 Å². The average Bonchev–Trinajstić information content (AvgIpc) is 3.07. The third-order valence-electron chi connectivity index (χ3n) is 6.76. The number of piperidine rings is 1. The molecule has 1 aliphatic carbocycles. The first-order valence-corrected chi connectivity index (χ1v) is 12.5. The van der Waals surface area contributed by atoms with Crippen molar-refractivity contribution in [2.75, 3.05) is 33.4 Å². The molecule has 0 saturated carbocycles. The molecule has 3 aromatic carbocycles. The lowest BCUT2D eigenvalue weighted by atomic mass is 9.86. The van der Waals surface area contributed by atoms with Crippen LogP contribution in [0.4, 0.5) is 0 Å². The fourth-order valence-electron chi connectivity index (χ4n) is 4.96. The Balaban J connectivity index is 1.24. The summed E-state index contributed by atoms with van der Waals surface area (Å²) >= 11 is 0. The molecule has 5 rings (SSSR count). The van der Waals surface area contributed by atoms with E-state index in [1.165, 1.54) is 34.9 Å². The number of fused-ring (bicyclic) bond motifs is 2. The summed E-state index contributed by atoms with van der Waals surface area (Å²) in [7, 11) is 1.47. The van der Waals surface area contributed by atoms with Crippen LogP contribution in [-0.2, 0) is 9.53 Å². The van der Waals surface area contributed by atoms with Crippen LogP contribution in [0.25, 0.3) is 23.8 Å². The molecule has 0 atom stereocenters. The number of hydrogen-bond acceptors (Lipinski definition) is 4. The van der Waals surface area contributed by atoms with Crippen molar-refractivity contribution in [2.45, 2.75) is 12.8 Å². The summed E-state index contributed by atoms with van der Waals surface area (Å²) < 4.78 is 10.0. The number of nitrogens with zero attached hydrogens (tertiary/aromatic N) is 1. The molecule has 0 bridgehead atoms. The Kier molecular flexibility index (Phi) is 7.55. The van der Waals surface area contributed by atoms with E-state index in [2.05, 4.69) is 77.7 Å². The zero-order valence-electron chi connectivity index (χ0n) is 20.7. The van der Waals surface area contributed by atoms with Crippen molar-refractivity contribution in [3.8, 4) is 5.75 Å². The molecule has 1 aliphatic heterocycles. The van der Waals surface area contributed by atoms with E-state index in [0.29, 0.717) is 5.75 Å². The maximum Gasteiger partial charge on any atom is 0.337 e. The van der Waals surface area contributed by atoms with E-state index in [-0.39, 0.29) is 6.61 Å². The smallest absolute Gasteiger partial charge is 0.337 e. The number of rotatable bonds is 6. The van der Waals surface area contributed by atoms with Gasteiger partial charge >= 0.3 is 5.97 Å². The molecule has 0 amide bonds. The summed E-state index contributed by atoms with van der Waals surface area (Å²) in [5, 5.41) is 0. The summed E-state index contributed by atoms with van der Waals surface area (Å²) in [5.41, 5.74) is 9.34. The molecule has 0 aromatic heterocycles. The van der Waals surface area contributed by atoms with Gasteiger partial charge in [0.25, 0.3) is 0 Å². The second-order valence-electron chi connectivity index (χ2n) is 9.17. The molecular weight excluding hydrogens is 446 g/mol. The summed E-state index contributed by atoms with van der Waals surface area (Å²) in [4.78, 5) is 14.0. The zero-order chi connectivity index (χ0) is 24.7. The van der Waals surface area contributed by atoms with Crippen molar-refractivity contribution in [1.82, 2.24) is 4.90 Å². The van der Waals surface area contributed by atoms with E-state index in [1.807, 2.05) is 24.3 Å². The summed E-state index contributed by atoms with van der Waals surface area (Å²) in [6.07, 6.45) is 11.0. The SMILES string of the molecule is COCC(=O)Oc1ccc(C=CCN2CCC(=C3c4ccccc4C=Cc4ccccc43)CC2)cc1. The van der Waals surface area contributed by atoms with Crippen LogP contribution >= 0.6 is 0 Å². The van der Waals surface area contributed by atoms with Gasteiger partial charge in [0.05, 0.1) is 0 Å². The van der Waals surface area contributed by atoms with Gasteiger partial charge in [-0.15, -0.1) is 0 Å². The third kappa shape index (κ3) is 5.56. The van der Waals surface area contributed by atoms with Crippen LogP contribution in [0.1, 0.15) is 40.7 Å². The van der Waals surface area contributed by atoms with Crippen molar-refractivity contribution in [3.05, 3.63) is 112 Å². The van der Waals surface area contributed by atoms with Gasteiger partial charge in [0, 0.05) is 26.7 Å². The van der Waals surface area contributed by atoms with E-state index in [1.54, 1.807) is 5.57 Å². The molecule has 1 heterocycles. The number of benzene rings is 3. The van der Waals surface area contributed by atoms with Crippen molar-refractivity contribution in [3.63, 3.8) is 0 Å². The highest BCUT2D eigenvalue weighted by atomic mass is 16.6. The molecule has 4 heteroatoms. The van der Waals surface area contributed by atoms with Gasteiger partial charge in [-0.3, -0.25) is 4.90 Å². The lowest BCUT2D eigenvalue weighted by Crippen LogP contribution is -2.31. The topological polar surface area (TPSA) is 38.8 Å². The van der Waals surface area contributed by atoms with E-state index >= 15 is 0 Å². The van der Waals surface area contributed by atoms with Gasteiger partial charge in [0.1, 0.15) is 12.4 Å². The highest BCUT2D eigenvalue weighted by molar-refractivity contribution is 5.94. The minimum Gasteiger partial charge on any atom is -0.425 e. The Hall–Kier alpha value is -3.73. The van der Waals surface area contributed by atoms with Crippen molar-refractivity contribution in [1.29, 1.82) is 0 Å². The van der Waals surface area contributed by atoms with E-state index in [0.717, 1.165) is 38.0 Å². The predicted molar refractivity (Wildman–Crippen MR) is 146 cm³/mol. The molecular formula is C32H31NO3. The lowest BCUT2D eigenvalue weighted by Gasteiger charge is -2.29. The molecule has 0 spiro atoms. The van der Waals surface area contributed by atoms with Crippen LogP contribution in [0, 0.1) is 0 Å². The van der Waals surface area contributed by atoms with Crippen molar-refractivity contribution < 1.29 is 14.3 Å². The van der Waals surface area contributed by atoms with Crippen molar-refractivity contribution >= 4 is 29.8 Å². The van der Waals surface area contributed by atoms with Crippen molar-refractivity contribution in [2.24, 2.45) is 0 Å². The first-order chi connectivity index (χ1) is 17.7. The molecule has 0 radical (unpaired) electrons. The second-order valence-corrected chi connectivity index (χ2v) is 9.17. The van der Waals surface area contributed by atoms with Gasteiger partial charge in [-0.1, -0.05) is 90.5 Å². The number of methoxy groups -OCH3 is 1. The van der Waals surface area contributed by atoms with E-state index in [4.69, 9.17) is 9.47 Å². The Bertz CT molecular complexity index is 1260. The standard InChI is InChI=1S/C32H31NO3/c1-35-23-31(34)36-28-16-12-24(13-17-28)7-6-20-33-21-18-27(19-22-33)32-29-10-4-2-8-25(29)14-15-26-9-3-5-11-30(26)32/h2-17H,18-23H2,1H3. The third-order valence-corrected chi connectivity index (χ3v) is 6.76. The Morgan fingerprint density at radius 3 is 2.08 bits per heavy atom. The molecule has 1 saturated heterocycles. The normalized spacial score (nSPS) is 15.5. The van der Waals surface area contributed by atoms with Crippen LogP contribution in [0.15, 0.2) is 84.4 Å². The van der Waals surface area contributed by atoms with Gasteiger partial charge < -0.3 is 9.47 Å². The van der Waals surface area contributed by atoms with Crippen LogP contribution in [0.5, 0.6) is 5.75 Å². The van der Waals surface area contributed by atoms with Crippen LogP contribution in [0.3, 0.4) is 0 Å². The molecule has 182 valence electrons. The summed E-state index contributed by atoms with van der Waals surface area (Å²) in [5.74, 6) is 0.134. The number of esters is 1. The summed E-state index contributed by atoms with van der Waals surface area (Å²) in [6, 6.07) is 25.0. The lowest BCUT2D eigenvalue weighted by molar-refractivity contribution is -0.138. The maximum atomic E-state index is 11.5. The number of hydrogen-bond donors (Lipinski definition) is 0. The van der Waals surface area contributed by atoms with E-state index in [9.17, 15) is 4.79 Å². The highest BCUT2D eigenvalue weighted by Gasteiger charge is 2.22. The zero-order valence-corrected chi connectivity index (χ0v) is 20.7. The van der Waals surface area contributed by atoms with Gasteiger partial charge in [-0.05, 0) is 58.4 Å². The number of ether oxygens (including phenoxy) is 2. The second kappa shape index (κ2) is 11.3. The first-order valence-electron chi connectivity index (χ1n) is 12.5. The van der Waals surface area contributed by atoms with Gasteiger partial charge in [-0.2, -0.15) is 0 Å². The number of likely N-dealkylation sites (tertiary alicyclic amines) is 1. The summed E-state index contributed by atoms with van der Waals surface area (Å²) in [6.45, 7) is 2.97. The van der Waals surface area contributed by atoms with Gasteiger partial charge in [-0.25, -0.2) is 4.79 Å². The predicted octanol–water partition coefficient (Wildman–Crippen LogP) is 6.33. The fraction of sp³-hybridized carbons (Fsp3) is 0.219. The highest BCUT2D eigenvalue weighted by Crippen LogP contribution is 2.38. The minimum absolute atomic E-state index is 0.0498. The molecule has 0 unspecified atom stereocenters. The number of carbonyl (C=O) groups is 1. The largest absolute Gasteiger partial charge is 0.425 e.